The molecule has 4 rings (SSSR count). The predicted molar refractivity (Wildman–Crippen MR) is 105 cm³/mol. The molecule has 0 aliphatic heterocycles. The summed E-state index contributed by atoms with van der Waals surface area (Å²) in [4.78, 5) is 4.45. The molecule has 7 nitrogen and oxygen atoms in total. The summed E-state index contributed by atoms with van der Waals surface area (Å²) in [7, 11) is 3.40. The minimum absolute atomic E-state index is 0.345. The molecule has 0 saturated carbocycles. The van der Waals surface area contributed by atoms with Crippen molar-refractivity contribution in [1.29, 1.82) is 0 Å². The van der Waals surface area contributed by atoms with E-state index in [-0.39, 0.29) is 5.82 Å². The summed E-state index contributed by atoms with van der Waals surface area (Å²) in [6, 6.07) is 5.02. The average molecular weight is 380 g/mol. The predicted octanol–water partition coefficient (Wildman–Crippen LogP) is 3.28. The van der Waals surface area contributed by atoms with Gasteiger partial charge in [-0.1, -0.05) is 13.0 Å². The molecule has 3 heterocycles. The molecule has 8 heteroatoms. The van der Waals surface area contributed by atoms with E-state index in [4.69, 9.17) is 4.74 Å². The largest absolute Gasteiger partial charge is 0.496 e. The van der Waals surface area contributed by atoms with Crippen molar-refractivity contribution in [3.05, 3.63) is 48.2 Å². The van der Waals surface area contributed by atoms with Crippen molar-refractivity contribution in [2.24, 2.45) is 7.05 Å². The minimum atomic E-state index is -0.379. The van der Waals surface area contributed by atoms with E-state index in [2.05, 4.69) is 25.6 Å². The molecule has 0 bridgehead atoms. The number of aromatic amines is 1. The van der Waals surface area contributed by atoms with Gasteiger partial charge < -0.3 is 10.1 Å². The number of benzene rings is 1. The van der Waals surface area contributed by atoms with Crippen LogP contribution in [0.25, 0.3) is 33.4 Å². The molecule has 0 fully saturated rings. The lowest BCUT2D eigenvalue weighted by Gasteiger charge is -2.14. The Labute approximate surface area is 161 Å². The molecule has 28 heavy (non-hydrogen) atoms. The third-order valence-corrected chi connectivity index (χ3v) is 4.64. The van der Waals surface area contributed by atoms with Gasteiger partial charge >= 0.3 is 0 Å². The van der Waals surface area contributed by atoms with Gasteiger partial charge in [-0.15, -0.1) is 0 Å². The number of halogens is 1. The molecule has 0 aliphatic carbocycles. The molecule has 2 N–H and O–H groups in total. The van der Waals surface area contributed by atoms with Crippen LogP contribution in [0.1, 0.15) is 12.5 Å². The number of fused-ring (bicyclic) bond motifs is 1. The summed E-state index contributed by atoms with van der Waals surface area (Å²) in [6.45, 7) is 3.41. The number of pyridine rings is 1. The second-order valence-electron chi connectivity index (χ2n) is 6.49. The van der Waals surface area contributed by atoms with Crippen LogP contribution in [0.15, 0.2) is 36.8 Å². The number of ether oxygens (including phenoxy) is 1. The fourth-order valence-electron chi connectivity index (χ4n) is 3.29. The first kappa shape index (κ1) is 18.1. The summed E-state index contributed by atoms with van der Waals surface area (Å²) in [5.74, 6) is 0.106. The summed E-state index contributed by atoms with van der Waals surface area (Å²) >= 11 is 0. The minimum Gasteiger partial charge on any atom is -0.496 e. The maximum atomic E-state index is 14.8. The number of aromatic nitrogens is 5. The molecule has 3 aromatic heterocycles. The third-order valence-electron chi connectivity index (χ3n) is 4.64. The van der Waals surface area contributed by atoms with Crippen molar-refractivity contribution in [2.75, 3.05) is 13.7 Å². The number of aryl methyl sites for hydroxylation is 1. The van der Waals surface area contributed by atoms with Crippen LogP contribution in [0.2, 0.25) is 0 Å². The van der Waals surface area contributed by atoms with E-state index in [0.717, 1.165) is 34.3 Å². The second kappa shape index (κ2) is 7.40. The smallest absolute Gasteiger partial charge is 0.136 e. The van der Waals surface area contributed by atoms with Crippen molar-refractivity contribution < 1.29 is 9.13 Å². The van der Waals surface area contributed by atoms with E-state index in [1.807, 2.05) is 26.2 Å². The number of H-pyrrole nitrogens is 1. The Balaban J connectivity index is 1.87. The van der Waals surface area contributed by atoms with E-state index in [9.17, 15) is 4.39 Å². The van der Waals surface area contributed by atoms with E-state index < -0.39 is 0 Å². The van der Waals surface area contributed by atoms with Gasteiger partial charge in [0, 0.05) is 36.3 Å². The lowest BCUT2D eigenvalue weighted by atomic mass is 10.0. The zero-order chi connectivity index (χ0) is 19.7. The zero-order valence-electron chi connectivity index (χ0n) is 16.0. The van der Waals surface area contributed by atoms with Crippen LogP contribution in [0, 0.1) is 5.82 Å². The summed E-state index contributed by atoms with van der Waals surface area (Å²) in [5.41, 5.74) is 4.10. The quantitative estimate of drug-likeness (QED) is 0.537. The van der Waals surface area contributed by atoms with E-state index in [1.165, 1.54) is 6.07 Å². The van der Waals surface area contributed by atoms with Gasteiger partial charge in [0.15, 0.2) is 0 Å². The molecule has 0 unspecified atom stereocenters. The van der Waals surface area contributed by atoms with Crippen LogP contribution >= 0.6 is 0 Å². The molecular formula is C20H21FN6O. The molecule has 0 saturated heterocycles. The van der Waals surface area contributed by atoms with Crippen LogP contribution in [0.5, 0.6) is 5.75 Å². The highest BCUT2D eigenvalue weighted by atomic mass is 19.1. The summed E-state index contributed by atoms with van der Waals surface area (Å²) < 4.78 is 22.1. The fraction of sp³-hybridized carbons (Fsp3) is 0.250. The molecule has 144 valence electrons. The van der Waals surface area contributed by atoms with Crippen molar-refractivity contribution in [3.8, 4) is 28.3 Å². The van der Waals surface area contributed by atoms with Gasteiger partial charge in [-0.3, -0.25) is 14.8 Å². The van der Waals surface area contributed by atoms with E-state index >= 15 is 0 Å². The van der Waals surface area contributed by atoms with Gasteiger partial charge in [0.1, 0.15) is 17.3 Å². The summed E-state index contributed by atoms with van der Waals surface area (Å²) in [6.07, 6.45) is 5.29. The van der Waals surface area contributed by atoms with Gasteiger partial charge in [-0.25, -0.2) is 4.39 Å². The van der Waals surface area contributed by atoms with E-state index in [0.29, 0.717) is 23.6 Å². The molecule has 4 aromatic rings. The Morgan fingerprint density at radius 3 is 2.86 bits per heavy atom. The first-order valence-corrected chi connectivity index (χ1v) is 9.02. The molecule has 0 amide bonds. The van der Waals surface area contributed by atoms with Crippen LogP contribution in [-0.4, -0.2) is 38.6 Å². The van der Waals surface area contributed by atoms with Crippen molar-refractivity contribution >= 4 is 10.9 Å². The van der Waals surface area contributed by atoms with Crippen molar-refractivity contribution in [1.82, 2.24) is 30.3 Å². The highest BCUT2D eigenvalue weighted by Gasteiger charge is 2.19. The standard InChI is InChI=1S/C20H21FN6O/c1-4-22-8-12-5-6-15(21)18(20(12)28-3)16-7-14-17(10-23-16)25-26-19(14)13-9-24-27(2)11-13/h5-7,9-11,22H,4,8H2,1-3H3,(H,25,26). The maximum absolute atomic E-state index is 14.8. The van der Waals surface area contributed by atoms with Crippen molar-refractivity contribution in [2.45, 2.75) is 13.5 Å². The average Bonchev–Trinajstić information content (AvgIpc) is 3.31. The topological polar surface area (TPSA) is 80.7 Å². The van der Waals surface area contributed by atoms with Crippen LogP contribution < -0.4 is 10.1 Å². The number of nitrogens with zero attached hydrogens (tertiary/aromatic N) is 4. The Kier molecular flexibility index (Phi) is 4.79. The summed E-state index contributed by atoms with van der Waals surface area (Å²) in [5, 5.41) is 15.7. The normalized spacial score (nSPS) is 11.3. The number of nitrogens with one attached hydrogen (secondary N) is 2. The first-order chi connectivity index (χ1) is 13.6. The molecule has 0 spiro atoms. The Bertz CT molecular complexity index is 1130. The second-order valence-corrected chi connectivity index (χ2v) is 6.49. The Morgan fingerprint density at radius 2 is 2.14 bits per heavy atom. The number of hydrogen-bond donors (Lipinski definition) is 2. The Morgan fingerprint density at radius 1 is 1.29 bits per heavy atom. The monoisotopic (exact) mass is 380 g/mol. The molecule has 0 atom stereocenters. The van der Waals surface area contributed by atoms with Gasteiger partial charge in [0.05, 0.1) is 36.3 Å². The SMILES string of the molecule is CCNCc1ccc(F)c(-c2cc3c(-c4cnn(C)c4)n[nH]c3cn2)c1OC. The van der Waals surface area contributed by atoms with Crippen LogP contribution in [0.3, 0.4) is 0 Å². The van der Waals surface area contributed by atoms with Crippen LogP contribution in [-0.2, 0) is 13.6 Å². The number of rotatable bonds is 6. The maximum Gasteiger partial charge on any atom is 0.136 e. The molecule has 0 aliphatic rings. The number of methoxy groups -OCH3 is 1. The van der Waals surface area contributed by atoms with Gasteiger partial charge in [0.25, 0.3) is 0 Å². The lowest BCUT2D eigenvalue weighted by molar-refractivity contribution is 0.406. The molecule has 0 radical (unpaired) electrons. The lowest BCUT2D eigenvalue weighted by Crippen LogP contribution is -2.13. The van der Waals surface area contributed by atoms with Gasteiger partial charge in [-0.05, 0) is 18.7 Å². The fourth-order valence-corrected chi connectivity index (χ4v) is 3.29. The van der Waals surface area contributed by atoms with E-state index in [1.54, 1.807) is 30.3 Å². The molecular weight excluding hydrogens is 359 g/mol. The third kappa shape index (κ3) is 3.11. The highest BCUT2D eigenvalue weighted by Crippen LogP contribution is 2.37. The van der Waals surface area contributed by atoms with Crippen LogP contribution in [0.4, 0.5) is 4.39 Å². The number of hydrogen-bond acceptors (Lipinski definition) is 5. The first-order valence-electron chi connectivity index (χ1n) is 9.02. The highest BCUT2D eigenvalue weighted by molar-refractivity contribution is 5.94. The Hall–Kier alpha value is -3.26. The molecule has 1 aromatic carbocycles. The van der Waals surface area contributed by atoms with Gasteiger partial charge in [-0.2, -0.15) is 10.2 Å². The van der Waals surface area contributed by atoms with Crippen molar-refractivity contribution in [3.63, 3.8) is 0 Å². The van der Waals surface area contributed by atoms with Gasteiger partial charge in [0.2, 0.25) is 0 Å². The zero-order valence-corrected chi connectivity index (χ0v) is 16.0.